The van der Waals surface area contributed by atoms with Gasteiger partial charge in [-0.05, 0) is 12.8 Å². The average molecular weight is 185 g/mol. The number of carbonyl (C=O) groups excluding carboxylic acids is 1. The van der Waals surface area contributed by atoms with Crippen molar-refractivity contribution in [1.82, 2.24) is 4.90 Å². The van der Waals surface area contributed by atoms with Crippen LogP contribution in [0.2, 0.25) is 0 Å². The molecule has 2 heterocycles. The summed E-state index contributed by atoms with van der Waals surface area (Å²) in [5.41, 5.74) is 0. The zero-order valence-electron chi connectivity index (χ0n) is 7.70. The van der Waals surface area contributed by atoms with E-state index in [1.54, 1.807) is 4.90 Å². The van der Waals surface area contributed by atoms with E-state index in [2.05, 4.69) is 0 Å². The van der Waals surface area contributed by atoms with Crippen LogP contribution in [0.25, 0.3) is 0 Å². The van der Waals surface area contributed by atoms with Crippen LogP contribution in [0.3, 0.4) is 0 Å². The second kappa shape index (κ2) is 3.96. The van der Waals surface area contributed by atoms with E-state index < -0.39 is 0 Å². The molecule has 1 amide bonds. The number of rotatable bonds is 1. The fourth-order valence-corrected chi connectivity index (χ4v) is 1.72. The molecule has 1 atom stereocenters. The normalized spacial score (nSPS) is 28.0. The van der Waals surface area contributed by atoms with Gasteiger partial charge in [-0.2, -0.15) is 0 Å². The van der Waals surface area contributed by atoms with E-state index in [0.717, 1.165) is 39.0 Å². The summed E-state index contributed by atoms with van der Waals surface area (Å²) in [5, 5.41) is 0. The lowest BCUT2D eigenvalue weighted by Gasteiger charge is -2.17. The third-order valence-corrected chi connectivity index (χ3v) is 2.52. The first-order valence-corrected chi connectivity index (χ1v) is 4.89. The van der Waals surface area contributed by atoms with Crippen LogP contribution in [0.15, 0.2) is 0 Å². The first-order chi connectivity index (χ1) is 6.36. The molecule has 0 unspecified atom stereocenters. The Bertz CT molecular complexity index is 183. The Labute approximate surface area is 77.8 Å². The lowest BCUT2D eigenvalue weighted by atomic mass is 10.3. The Kier molecular flexibility index (Phi) is 2.68. The molecule has 2 aliphatic rings. The number of amides is 1. The molecule has 2 saturated heterocycles. The van der Waals surface area contributed by atoms with Gasteiger partial charge in [0, 0.05) is 19.5 Å². The molecule has 0 aromatic heterocycles. The zero-order chi connectivity index (χ0) is 9.10. The van der Waals surface area contributed by atoms with E-state index in [9.17, 15) is 4.79 Å². The molecule has 0 bridgehead atoms. The molecule has 4 heteroatoms. The predicted octanol–water partition coefficient (Wildman–Crippen LogP) is 1.01. The summed E-state index contributed by atoms with van der Waals surface area (Å²) in [5.74, 6) is 0. The molecule has 0 N–H and O–H groups in total. The molecule has 0 radical (unpaired) electrons. The maximum atomic E-state index is 11.4. The highest BCUT2D eigenvalue weighted by atomic mass is 16.6. The molecule has 0 aromatic carbocycles. The summed E-state index contributed by atoms with van der Waals surface area (Å²) in [7, 11) is 0. The standard InChI is InChI=1S/C9H15NO3/c11-9(10-4-1-2-5-10)13-8-3-6-12-7-8/h8H,1-7H2/t8-/m0/s1. The Balaban J connectivity index is 1.76. The lowest BCUT2D eigenvalue weighted by molar-refractivity contribution is 0.0597. The fraction of sp³-hybridized carbons (Fsp3) is 0.889. The van der Waals surface area contributed by atoms with Crippen LogP contribution in [0.5, 0.6) is 0 Å². The number of hydrogen-bond acceptors (Lipinski definition) is 3. The van der Waals surface area contributed by atoms with E-state index in [1.165, 1.54) is 0 Å². The van der Waals surface area contributed by atoms with Crippen LogP contribution < -0.4 is 0 Å². The van der Waals surface area contributed by atoms with Crippen molar-refractivity contribution in [2.75, 3.05) is 26.3 Å². The minimum Gasteiger partial charge on any atom is -0.444 e. The third-order valence-electron chi connectivity index (χ3n) is 2.52. The van der Waals surface area contributed by atoms with Crippen molar-refractivity contribution in [2.24, 2.45) is 0 Å². The van der Waals surface area contributed by atoms with E-state index in [1.807, 2.05) is 0 Å². The number of nitrogens with zero attached hydrogens (tertiary/aromatic N) is 1. The van der Waals surface area contributed by atoms with E-state index in [-0.39, 0.29) is 12.2 Å². The number of carbonyl (C=O) groups is 1. The molecule has 0 aromatic rings. The maximum Gasteiger partial charge on any atom is 0.410 e. The molecule has 13 heavy (non-hydrogen) atoms. The van der Waals surface area contributed by atoms with Crippen LogP contribution in [0, 0.1) is 0 Å². The summed E-state index contributed by atoms with van der Waals surface area (Å²) in [4.78, 5) is 13.2. The van der Waals surface area contributed by atoms with Gasteiger partial charge in [0.25, 0.3) is 0 Å². The molecule has 2 aliphatic heterocycles. The fourth-order valence-electron chi connectivity index (χ4n) is 1.72. The van der Waals surface area contributed by atoms with E-state index in [0.29, 0.717) is 6.61 Å². The van der Waals surface area contributed by atoms with Gasteiger partial charge in [-0.1, -0.05) is 0 Å². The summed E-state index contributed by atoms with van der Waals surface area (Å²) >= 11 is 0. The summed E-state index contributed by atoms with van der Waals surface area (Å²) in [6, 6.07) is 0. The number of likely N-dealkylation sites (tertiary alicyclic amines) is 1. The van der Waals surface area contributed by atoms with Crippen molar-refractivity contribution in [2.45, 2.75) is 25.4 Å². The van der Waals surface area contributed by atoms with Gasteiger partial charge in [-0.15, -0.1) is 0 Å². The SMILES string of the molecule is O=C(O[C@H]1CCOC1)N1CCCC1. The maximum absolute atomic E-state index is 11.4. The molecule has 4 nitrogen and oxygen atoms in total. The molecule has 2 fully saturated rings. The third kappa shape index (κ3) is 2.12. The molecule has 0 aliphatic carbocycles. The van der Waals surface area contributed by atoms with Gasteiger partial charge < -0.3 is 14.4 Å². The molecular formula is C9H15NO3. The highest BCUT2D eigenvalue weighted by Crippen LogP contribution is 2.13. The van der Waals surface area contributed by atoms with Gasteiger partial charge in [-0.3, -0.25) is 0 Å². The molecule has 0 spiro atoms. The van der Waals surface area contributed by atoms with Crippen LogP contribution in [-0.2, 0) is 9.47 Å². The van der Waals surface area contributed by atoms with Gasteiger partial charge in [0.2, 0.25) is 0 Å². The van der Waals surface area contributed by atoms with Crippen molar-refractivity contribution in [3.63, 3.8) is 0 Å². The Morgan fingerprint density at radius 3 is 2.77 bits per heavy atom. The minimum atomic E-state index is -0.159. The Morgan fingerprint density at radius 1 is 1.38 bits per heavy atom. The van der Waals surface area contributed by atoms with Crippen LogP contribution in [0.4, 0.5) is 4.79 Å². The summed E-state index contributed by atoms with van der Waals surface area (Å²) in [6.45, 7) is 3.00. The summed E-state index contributed by atoms with van der Waals surface area (Å²) in [6.07, 6.45) is 2.90. The van der Waals surface area contributed by atoms with Crippen molar-refractivity contribution in [1.29, 1.82) is 0 Å². The molecule has 74 valence electrons. The van der Waals surface area contributed by atoms with Crippen molar-refractivity contribution >= 4 is 6.09 Å². The molecule has 2 rings (SSSR count). The van der Waals surface area contributed by atoms with Gasteiger partial charge in [0.1, 0.15) is 6.10 Å². The molecule has 0 saturated carbocycles. The smallest absolute Gasteiger partial charge is 0.410 e. The average Bonchev–Trinajstić information content (AvgIpc) is 2.74. The first-order valence-electron chi connectivity index (χ1n) is 4.89. The van der Waals surface area contributed by atoms with E-state index in [4.69, 9.17) is 9.47 Å². The van der Waals surface area contributed by atoms with Crippen molar-refractivity contribution in [3.05, 3.63) is 0 Å². The van der Waals surface area contributed by atoms with Crippen molar-refractivity contribution < 1.29 is 14.3 Å². The highest BCUT2D eigenvalue weighted by molar-refractivity contribution is 5.68. The number of ether oxygens (including phenoxy) is 2. The van der Waals surface area contributed by atoms with Gasteiger partial charge in [-0.25, -0.2) is 4.79 Å². The lowest BCUT2D eigenvalue weighted by Crippen LogP contribution is -2.32. The highest BCUT2D eigenvalue weighted by Gasteiger charge is 2.25. The minimum absolute atomic E-state index is 0.00639. The predicted molar refractivity (Wildman–Crippen MR) is 46.5 cm³/mol. The van der Waals surface area contributed by atoms with E-state index >= 15 is 0 Å². The van der Waals surface area contributed by atoms with Gasteiger partial charge in [0.15, 0.2) is 0 Å². The second-order valence-electron chi connectivity index (χ2n) is 3.56. The Morgan fingerprint density at radius 2 is 2.15 bits per heavy atom. The second-order valence-corrected chi connectivity index (χ2v) is 3.56. The van der Waals surface area contributed by atoms with Crippen LogP contribution in [-0.4, -0.2) is 43.4 Å². The van der Waals surface area contributed by atoms with Crippen molar-refractivity contribution in [3.8, 4) is 0 Å². The quantitative estimate of drug-likeness (QED) is 0.612. The number of hydrogen-bond donors (Lipinski definition) is 0. The monoisotopic (exact) mass is 185 g/mol. The zero-order valence-corrected chi connectivity index (χ0v) is 7.70. The molecular weight excluding hydrogens is 170 g/mol. The van der Waals surface area contributed by atoms with Crippen LogP contribution in [0.1, 0.15) is 19.3 Å². The van der Waals surface area contributed by atoms with Gasteiger partial charge in [0.05, 0.1) is 13.2 Å². The Hall–Kier alpha value is -0.770. The summed E-state index contributed by atoms with van der Waals surface area (Å²) < 4.78 is 10.4. The van der Waals surface area contributed by atoms with Crippen LogP contribution >= 0.6 is 0 Å². The largest absolute Gasteiger partial charge is 0.444 e. The first kappa shape index (κ1) is 8.81. The topological polar surface area (TPSA) is 38.8 Å². The van der Waals surface area contributed by atoms with Gasteiger partial charge >= 0.3 is 6.09 Å².